The molecule has 0 saturated carbocycles. The van der Waals surface area contributed by atoms with Crippen molar-refractivity contribution in [2.75, 3.05) is 6.54 Å². The van der Waals surface area contributed by atoms with Crippen molar-refractivity contribution >= 4 is 10.0 Å². The topological polar surface area (TPSA) is 46.2 Å². The summed E-state index contributed by atoms with van der Waals surface area (Å²) >= 11 is 0. The van der Waals surface area contributed by atoms with Gasteiger partial charge < -0.3 is 0 Å². The maximum atomic E-state index is 13.6. The van der Waals surface area contributed by atoms with Crippen LogP contribution in [0, 0.1) is 35.0 Å². The van der Waals surface area contributed by atoms with E-state index in [1.165, 1.54) is 0 Å². The maximum Gasteiger partial charge on any atom is 0.246 e. The Morgan fingerprint density at radius 3 is 1.83 bits per heavy atom. The van der Waals surface area contributed by atoms with Crippen molar-refractivity contribution in [2.45, 2.75) is 44.4 Å². The Hall–Kier alpha value is -1.22. The van der Waals surface area contributed by atoms with Crippen LogP contribution in [-0.4, -0.2) is 15.0 Å². The van der Waals surface area contributed by atoms with Crippen molar-refractivity contribution in [3.8, 4) is 0 Å². The van der Waals surface area contributed by atoms with Crippen LogP contribution in [0.2, 0.25) is 0 Å². The van der Waals surface area contributed by atoms with Crippen LogP contribution in [0.5, 0.6) is 0 Å². The molecule has 0 aliphatic heterocycles. The second kappa shape index (κ2) is 8.05. The molecule has 1 aromatic carbocycles. The van der Waals surface area contributed by atoms with E-state index in [4.69, 9.17) is 0 Å². The zero-order chi connectivity index (χ0) is 17.8. The van der Waals surface area contributed by atoms with Gasteiger partial charge in [-0.05, 0) is 12.3 Å². The molecule has 0 radical (unpaired) electrons. The van der Waals surface area contributed by atoms with Crippen molar-refractivity contribution < 1.29 is 30.4 Å². The van der Waals surface area contributed by atoms with Gasteiger partial charge in [0.2, 0.25) is 15.8 Å². The van der Waals surface area contributed by atoms with Gasteiger partial charge in [0, 0.05) is 6.54 Å². The van der Waals surface area contributed by atoms with E-state index in [0.717, 1.165) is 12.8 Å². The molecule has 3 nitrogen and oxygen atoms in total. The minimum Gasteiger partial charge on any atom is -0.211 e. The van der Waals surface area contributed by atoms with Gasteiger partial charge in [0.05, 0.1) is 0 Å². The summed E-state index contributed by atoms with van der Waals surface area (Å²) < 4.78 is 92.1. The quantitative estimate of drug-likeness (QED) is 0.435. The molecule has 0 aromatic heterocycles. The first kappa shape index (κ1) is 19.8. The molecule has 23 heavy (non-hydrogen) atoms. The Bertz CT molecular complexity index is 635. The Balaban J connectivity index is 3.10. The molecule has 1 N–H and O–H groups in total. The lowest BCUT2D eigenvalue weighted by Gasteiger charge is -2.16. The van der Waals surface area contributed by atoms with Crippen LogP contribution in [0.1, 0.15) is 39.5 Å². The normalized spacial score (nSPS) is 13.3. The molecular formula is C14H18F5NO2S. The van der Waals surface area contributed by atoms with E-state index in [9.17, 15) is 30.4 Å². The third kappa shape index (κ3) is 4.41. The third-order valence-electron chi connectivity index (χ3n) is 3.54. The Morgan fingerprint density at radius 1 is 0.913 bits per heavy atom. The average Bonchev–Trinajstić information content (AvgIpc) is 2.51. The van der Waals surface area contributed by atoms with Crippen LogP contribution in [-0.2, 0) is 10.0 Å². The first-order valence-electron chi connectivity index (χ1n) is 7.18. The zero-order valence-corrected chi connectivity index (χ0v) is 13.5. The Kier molecular flexibility index (Phi) is 6.94. The highest BCUT2D eigenvalue weighted by atomic mass is 32.2. The summed E-state index contributed by atoms with van der Waals surface area (Å²) in [5, 5.41) is 0. The molecule has 132 valence electrons. The lowest BCUT2D eigenvalue weighted by molar-refractivity contribution is 0.356. The summed E-state index contributed by atoms with van der Waals surface area (Å²) in [7, 11) is -4.86. The molecular weight excluding hydrogens is 341 g/mol. The van der Waals surface area contributed by atoms with E-state index in [-0.39, 0.29) is 12.5 Å². The highest BCUT2D eigenvalue weighted by Crippen LogP contribution is 2.26. The largest absolute Gasteiger partial charge is 0.246 e. The number of nitrogens with one attached hydrogen (secondary N) is 1. The van der Waals surface area contributed by atoms with Gasteiger partial charge in [-0.15, -0.1) is 0 Å². The minimum atomic E-state index is -4.86. The van der Waals surface area contributed by atoms with E-state index in [1.54, 1.807) is 0 Å². The van der Waals surface area contributed by atoms with Gasteiger partial charge in [-0.3, -0.25) is 0 Å². The molecule has 0 amide bonds. The summed E-state index contributed by atoms with van der Waals surface area (Å²) in [6, 6.07) is 0. The van der Waals surface area contributed by atoms with Gasteiger partial charge in [0.1, 0.15) is 0 Å². The Labute approximate surface area is 131 Å². The number of rotatable bonds is 8. The van der Waals surface area contributed by atoms with E-state index in [0.29, 0.717) is 12.8 Å². The van der Waals surface area contributed by atoms with Crippen LogP contribution < -0.4 is 4.72 Å². The van der Waals surface area contributed by atoms with Crippen molar-refractivity contribution in [1.29, 1.82) is 0 Å². The molecule has 1 rings (SSSR count). The van der Waals surface area contributed by atoms with Gasteiger partial charge >= 0.3 is 0 Å². The van der Waals surface area contributed by atoms with Crippen molar-refractivity contribution in [3.63, 3.8) is 0 Å². The predicted molar refractivity (Wildman–Crippen MR) is 74.7 cm³/mol. The highest BCUT2D eigenvalue weighted by molar-refractivity contribution is 7.89. The molecule has 9 heteroatoms. The number of sulfonamides is 1. The van der Waals surface area contributed by atoms with Gasteiger partial charge in [-0.1, -0.05) is 33.1 Å². The molecule has 0 bridgehead atoms. The Morgan fingerprint density at radius 2 is 1.39 bits per heavy atom. The fraction of sp³-hybridized carbons (Fsp3) is 0.571. The van der Waals surface area contributed by atoms with Crippen molar-refractivity contribution in [2.24, 2.45) is 5.92 Å². The van der Waals surface area contributed by atoms with Gasteiger partial charge in [0.15, 0.2) is 28.2 Å². The molecule has 0 spiro atoms. The number of hydrogen-bond acceptors (Lipinski definition) is 2. The summed E-state index contributed by atoms with van der Waals surface area (Å²) in [4.78, 5) is -1.85. The number of hydrogen-bond donors (Lipinski definition) is 1. The van der Waals surface area contributed by atoms with Crippen LogP contribution in [0.3, 0.4) is 0 Å². The van der Waals surface area contributed by atoms with Gasteiger partial charge in [-0.2, -0.15) is 0 Å². The molecule has 0 fully saturated rings. The fourth-order valence-electron chi connectivity index (χ4n) is 2.06. The predicted octanol–water partition coefficient (Wildman–Crippen LogP) is 3.88. The summed E-state index contributed by atoms with van der Waals surface area (Å²) in [5.74, 6) is -11.8. The van der Waals surface area contributed by atoms with Crippen LogP contribution in [0.15, 0.2) is 4.90 Å². The SMILES string of the molecule is CCCC[C@@H](CC)CNS(=O)(=O)c1c(F)c(F)c(F)c(F)c1F. The third-order valence-corrected chi connectivity index (χ3v) is 4.99. The second-order valence-corrected chi connectivity index (χ2v) is 6.87. The summed E-state index contributed by atoms with van der Waals surface area (Å²) in [6.07, 6.45) is 3.02. The molecule has 1 aromatic rings. The monoisotopic (exact) mass is 359 g/mol. The molecule has 0 aliphatic rings. The van der Waals surface area contributed by atoms with Crippen molar-refractivity contribution in [3.05, 3.63) is 29.1 Å². The first-order valence-corrected chi connectivity index (χ1v) is 8.66. The standard InChI is InChI=1S/C14H18F5NO2S/c1-3-5-6-8(4-2)7-20-23(21,22)14-12(18)10(16)9(15)11(17)13(14)19/h8,20H,3-7H2,1-2H3/t8-/m1/s1. The molecule has 0 saturated heterocycles. The van der Waals surface area contributed by atoms with E-state index < -0.39 is 44.0 Å². The molecule has 0 heterocycles. The second-order valence-electron chi connectivity index (χ2n) is 5.17. The minimum absolute atomic E-state index is 0.0917. The van der Waals surface area contributed by atoms with Crippen LogP contribution in [0.25, 0.3) is 0 Å². The molecule has 0 unspecified atom stereocenters. The molecule has 0 aliphatic carbocycles. The smallest absolute Gasteiger partial charge is 0.211 e. The van der Waals surface area contributed by atoms with Crippen LogP contribution >= 0.6 is 0 Å². The van der Waals surface area contributed by atoms with E-state index >= 15 is 0 Å². The fourth-order valence-corrected chi connectivity index (χ4v) is 3.31. The summed E-state index contributed by atoms with van der Waals surface area (Å²) in [6.45, 7) is 3.62. The lowest BCUT2D eigenvalue weighted by Crippen LogP contribution is -2.31. The van der Waals surface area contributed by atoms with Crippen molar-refractivity contribution in [1.82, 2.24) is 4.72 Å². The number of benzene rings is 1. The average molecular weight is 359 g/mol. The van der Waals surface area contributed by atoms with Gasteiger partial charge in [0.25, 0.3) is 0 Å². The van der Waals surface area contributed by atoms with E-state index in [1.807, 2.05) is 18.6 Å². The van der Waals surface area contributed by atoms with Crippen LogP contribution in [0.4, 0.5) is 22.0 Å². The zero-order valence-electron chi connectivity index (χ0n) is 12.7. The van der Waals surface area contributed by atoms with E-state index in [2.05, 4.69) is 0 Å². The van der Waals surface area contributed by atoms with Gasteiger partial charge in [-0.25, -0.2) is 35.1 Å². The molecule has 1 atom stereocenters. The lowest BCUT2D eigenvalue weighted by atomic mass is 10.00. The maximum absolute atomic E-state index is 13.6. The first-order chi connectivity index (χ1) is 10.7. The number of unbranched alkanes of at least 4 members (excludes halogenated alkanes) is 1. The summed E-state index contributed by atoms with van der Waals surface area (Å²) in [5.41, 5.74) is 0. The number of halogens is 5. The highest BCUT2D eigenvalue weighted by Gasteiger charge is 2.33.